The van der Waals surface area contributed by atoms with Crippen molar-refractivity contribution in [2.75, 3.05) is 6.61 Å². The molecule has 4 rings (SSSR count). The van der Waals surface area contributed by atoms with Crippen LogP contribution in [0, 0.1) is 0 Å². The first kappa shape index (κ1) is 25.0. The quantitative estimate of drug-likeness (QED) is 0.265. The Bertz CT molecular complexity index is 1180. The van der Waals surface area contributed by atoms with E-state index in [2.05, 4.69) is 10.3 Å². The van der Waals surface area contributed by atoms with E-state index in [0.717, 1.165) is 5.56 Å². The van der Waals surface area contributed by atoms with Crippen molar-refractivity contribution in [1.82, 2.24) is 15.0 Å². The maximum absolute atomic E-state index is 12.4. The summed E-state index contributed by atoms with van der Waals surface area (Å²) < 4.78 is 12.3. The summed E-state index contributed by atoms with van der Waals surface area (Å²) in [6, 6.07) is 13.8. The molecular formula is C24H24ClN3O7. The van der Waals surface area contributed by atoms with Crippen molar-refractivity contribution < 1.29 is 34.7 Å². The Morgan fingerprint density at radius 1 is 1.09 bits per heavy atom. The zero-order chi connectivity index (χ0) is 24.9. The van der Waals surface area contributed by atoms with Gasteiger partial charge in [-0.25, -0.2) is 4.68 Å². The van der Waals surface area contributed by atoms with E-state index in [1.54, 1.807) is 36.4 Å². The van der Waals surface area contributed by atoms with Crippen LogP contribution >= 0.6 is 11.6 Å². The molecule has 0 radical (unpaired) electrons. The number of hydrogen-bond acceptors (Lipinski definition) is 9. The highest BCUT2D eigenvalue weighted by Crippen LogP contribution is 2.28. The highest BCUT2D eigenvalue weighted by molar-refractivity contribution is 6.32. The first-order chi connectivity index (χ1) is 16.9. The summed E-state index contributed by atoms with van der Waals surface area (Å²) in [6.07, 6.45) is -2.07. The fourth-order valence-electron chi connectivity index (χ4n) is 3.55. The number of ether oxygens (including phenoxy) is 2. The Kier molecular flexibility index (Phi) is 7.91. The van der Waals surface area contributed by atoms with E-state index in [-0.39, 0.29) is 12.4 Å². The van der Waals surface area contributed by atoms with Crippen LogP contribution in [0.15, 0.2) is 60.8 Å². The number of rotatable bonds is 8. The molecule has 0 amide bonds. The van der Waals surface area contributed by atoms with Gasteiger partial charge in [0, 0.05) is 10.6 Å². The fourth-order valence-corrected chi connectivity index (χ4v) is 3.75. The number of aliphatic hydroxyl groups is 4. The zero-order valence-corrected chi connectivity index (χ0v) is 19.1. The number of carbonyl (C=O) groups excluding carboxylic acids is 1. The third-order valence-corrected chi connectivity index (χ3v) is 5.87. The Hall–Kier alpha value is -3.12. The number of aromatic nitrogens is 3. The van der Waals surface area contributed by atoms with E-state index >= 15 is 0 Å². The summed E-state index contributed by atoms with van der Waals surface area (Å²) in [5.41, 5.74) is 1.64. The molecule has 10 nitrogen and oxygen atoms in total. The monoisotopic (exact) mass is 501 g/mol. The molecule has 2 aromatic carbocycles. The normalized spacial score (nSPS) is 24.5. The van der Waals surface area contributed by atoms with E-state index < -0.39 is 37.3 Å². The lowest BCUT2D eigenvalue weighted by Crippen LogP contribution is -2.56. The van der Waals surface area contributed by atoms with Gasteiger partial charge in [-0.2, -0.15) is 0 Å². The first-order valence-electron chi connectivity index (χ1n) is 10.8. The number of benzene rings is 2. The molecule has 1 fully saturated rings. The largest absolute Gasteiger partial charge is 0.487 e. The molecule has 2 heterocycles. The first-order valence-corrected chi connectivity index (χ1v) is 11.2. The maximum atomic E-state index is 12.4. The minimum absolute atomic E-state index is 0.0388. The lowest BCUT2D eigenvalue weighted by Gasteiger charge is -2.39. The number of carbonyl (C=O) groups is 1. The van der Waals surface area contributed by atoms with E-state index in [0.29, 0.717) is 22.0 Å². The van der Waals surface area contributed by atoms with Crippen LogP contribution in [-0.4, -0.2) is 72.2 Å². The van der Waals surface area contributed by atoms with Gasteiger partial charge in [-0.1, -0.05) is 35.0 Å². The van der Waals surface area contributed by atoms with Gasteiger partial charge in [0.25, 0.3) is 0 Å². The predicted octanol–water partition coefficient (Wildman–Crippen LogP) is 1.38. The fraction of sp³-hybridized carbons (Fsp3) is 0.292. The van der Waals surface area contributed by atoms with Crippen LogP contribution in [-0.2, 0) is 11.3 Å². The van der Waals surface area contributed by atoms with Gasteiger partial charge in [-0.3, -0.25) is 4.79 Å². The molecule has 35 heavy (non-hydrogen) atoms. The summed E-state index contributed by atoms with van der Waals surface area (Å²) in [7, 11) is 0. The molecule has 1 saturated heterocycles. The van der Waals surface area contributed by atoms with Crippen molar-refractivity contribution in [1.29, 1.82) is 0 Å². The number of halogens is 1. The highest BCUT2D eigenvalue weighted by atomic mass is 35.5. The SMILES string of the molecule is O=C(/C=C/c1ccccc1Cl)c1ccc(OCc2cn([C@@H]3O[C@H](CO)[C@@H](O)[C@H](O)[C@H]3O)nn2)cc1. The van der Waals surface area contributed by atoms with Crippen LogP contribution < -0.4 is 4.74 Å². The molecule has 1 aliphatic rings. The minimum Gasteiger partial charge on any atom is -0.487 e. The second kappa shape index (κ2) is 11.1. The number of ketones is 1. The van der Waals surface area contributed by atoms with E-state index in [4.69, 9.17) is 21.1 Å². The summed E-state index contributed by atoms with van der Waals surface area (Å²) in [6.45, 7) is -0.502. The third kappa shape index (κ3) is 5.76. The molecule has 4 N–H and O–H groups in total. The Balaban J connectivity index is 1.34. The standard InChI is InChI=1S/C24H24ClN3O7/c25-18-4-2-1-3-14(18)7-10-19(30)15-5-8-17(9-6-15)34-13-16-11-28(27-26-16)24-23(33)22(32)21(31)20(12-29)35-24/h1-11,20-24,29,31-33H,12-13H2/b10-7+/t20-,21-,22+,23-,24-/m1/s1. The zero-order valence-electron chi connectivity index (χ0n) is 18.4. The molecule has 3 aromatic rings. The van der Waals surface area contributed by atoms with Crippen molar-refractivity contribution in [3.63, 3.8) is 0 Å². The Labute approximate surface area is 205 Å². The van der Waals surface area contributed by atoms with E-state index in [1.165, 1.54) is 17.0 Å². The summed E-state index contributed by atoms with van der Waals surface area (Å²) >= 11 is 6.10. The summed E-state index contributed by atoms with van der Waals surface area (Å²) in [5, 5.41) is 47.8. The van der Waals surface area contributed by atoms with Gasteiger partial charge < -0.3 is 29.9 Å². The van der Waals surface area contributed by atoms with Gasteiger partial charge in [-0.15, -0.1) is 5.10 Å². The molecular weight excluding hydrogens is 478 g/mol. The molecule has 11 heteroatoms. The van der Waals surface area contributed by atoms with Crippen LogP contribution in [0.2, 0.25) is 5.02 Å². The van der Waals surface area contributed by atoms with Gasteiger partial charge >= 0.3 is 0 Å². The van der Waals surface area contributed by atoms with Crippen LogP contribution in [0.4, 0.5) is 0 Å². The van der Waals surface area contributed by atoms with Crippen LogP contribution in [0.5, 0.6) is 5.75 Å². The van der Waals surface area contributed by atoms with Crippen molar-refractivity contribution >= 4 is 23.5 Å². The molecule has 1 aliphatic heterocycles. The lowest BCUT2D eigenvalue weighted by atomic mass is 9.98. The average molecular weight is 502 g/mol. The van der Waals surface area contributed by atoms with Crippen LogP contribution in [0.1, 0.15) is 27.8 Å². The summed E-state index contributed by atoms with van der Waals surface area (Å²) in [4.78, 5) is 12.4. The van der Waals surface area contributed by atoms with Crippen molar-refractivity contribution in [3.05, 3.63) is 82.6 Å². The average Bonchev–Trinajstić information content (AvgIpc) is 3.35. The van der Waals surface area contributed by atoms with E-state index in [9.17, 15) is 25.2 Å². The van der Waals surface area contributed by atoms with Gasteiger partial charge in [0.05, 0.1) is 12.8 Å². The number of aliphatic hydroxyl groups excluding tert-OH is 4. The van der Waals surface area contributed by atoms with Gasteiger partial charge in [0.15, 0.2) is 12.0 Å². The van der Waals surface area contributed by atoms with Crippen LogP contribution in [0.25, 0.3) is 6.08 Å². The minimum atomic E-state index is -1.52. The number of nitrogens with zero attached hydrogens (tertiary/aromatic N) is 3. The Morgan fingerprint density at radius 2 is 1.83 bits per heavy atom. The number of hydrogen-bond donors (Lipinski definition) is 4. The highest BCUT2D eigenvalue weighted by Gasteiger charge is 2.44. The topological polar surface area (TPSA) is 147 Å². The lowest BCUT2D eigenvalue weighted by molar-refractivity contribution is -0.254. The van der Waals surface area contributed by atoms with Crippen LogP contribution in [0.3, 0.4) is 0 Å². The van der Waals surface area contributed by atoms with E-state index in [1.807, 2.05) is 18.2 Å². The van der Waals surface area contributed by atoms with Crippen molar-refractivity contribution in [3.8, 4) is 5.75 Å². The smallest absolute Gasteiger partial charge is 0.185 e. The molecule has 0 unspecified atom stereocenters. The molecule has 1 aromatic heterocycles. The van der Waals surface area contributed by atoms with Gasteiger partial charge in [0.1, 0.15) is 42.5 Å². The van der Waals surface area contributed by atoms with Gasteiger partial charge in [-0.05, 0) is 48.0 Å². The maximum Gasteiger partial charge on any atom is 0.185 e. The van der Waals surface area contributed by atoms with Gasteiger partial charge in [0.2, 0.25) is 0 Å². The van der Waals surface area contributed by atoms with Crippen molar-refractivity contribution in [2.24, 2.45) is 0 Å². The predicted molar refractivity (Wildman–Crippen MR) is 125 cm³/mol. The third-order valence-electron chi connectivity index (χ3n) is 5.53. The van der Waals surface area contributed by atoms with Crippen molar-refractivity contribution in [2.45, 2.75) is 37.3 Å². The summed E-state index contributed by atoms with van der Waals surface area (Å²) in [5.74, 6) is 0.318. The Morgan fingerprint density at radius 3 is 2.54 bits per heavy atom. The molecule has 5 atom stereocenters. The second-order valence-electron chi connectivity index (χ2n) is 7.94. The molecule has 0 saturated carbocycles. The molecule has 0 aliphatic carbocycles. The number of allylic oxidation sites excluding steroid dienone is 1. The second-order valence-corrected chi connectivity index (χ2v) is 8.35. The molecule has 0 bridgehead atoms. The molecule has 0 spiro atoms. The molecule has 184 valence electrons.